The number of H-pyrrole nitrogens is 2. The fourth-order valence-electron chi connectivity index (χ4n) is 5.31. The Morgan fingerprint density at radius 2 is 1.16 bits per heavy atom. The summed E-state index contributed by atoms with van der Waals surface area (Å²) in [7, 11) is -9.60. The van der Waals surface area contributed by atoms with Gasteiger partial charge in [0.05, 0.1) is 25.9 Å². The molecule has 3 aliphatic rings. The zero-order valence-electron chi connectivity index (χ0n) is 22.2. The molecule has 0 spiro atoms. The molecule has 8 atom stereocenters. The van der Waals surface area contributed by atoms with Gasteiger partial charge in [0.15, 0.2) is 22.3 Å². The van der Waals surface area contributed by atoms with Gasteiger partial charge in [0.2, 0.25) is 11.9 Å². The predicted octanol–water partition coefficient (Wildman–Crippen LogP) is -0.990. The van der Waals surface area contributed by atoms with Gasteiger partial charge >= 0.3 is 15.6 Å². The van der Waals surface area contributed by atoms with Crippen molar-refractivity contribution in [3.05, 3.63) is 33.4 Å². The smallest absolute Gasteiger partial charge is 0.369 e. The number of phosphoric ester groups is 2. The van der Waals surface area contributed by atoms with Crippen molar-refractivity contribution in [2.45, 2.75) is 49.7 Å². The van der Waals surface area contributed by atoms with Crippen molar-refractivity contribution in [1.29, 1.82) is 0 Å². The van der Waals surface area contributed by atoms with Crippen LogP contribution in [0.5, 0.6) is 0 Å². The molecule has 3 unspecified atom stereocenters. The Bertz CT molecular complexity index is 1840. The van der Waals surface area contributed by atoms with Crippen LogP contribution in [0.25, 0.3) is 22.3 Å². The first-order chi connectivity index (χ1) is 20.9. The van der Waals surface area contributed by atoms with Crippen molar-refractivity contribution in [3.63, 3.8) is 0 Å². The third-order valence-electron chi connectivity index (χ3n) is 7.22. The summed E-state index contributed by atoms with van der Waals surface area (Å²) < 4.78 is 61.9. The molecule has 236 valence electrons. The lowest BCUT2D eigenvalue weighted by Crippen LogP contribution is -2.32. The van der Waals surface area contributed by atoms with Gasteiger partial charge in [-0.15, -0.1) is 0 Å². The monoisotopic (exact) mass is 658 g/mol. The molecule has 22 nitrogen and oxygen atoms in total. The fraction of sp³-hybridized carbons (Fsp3) is 0.500. The number of aromatic nitrogens is 8. The van der Waals surface area contributed by atoms with Crippen molar-refractivity contribution < 1.29 is 46.5 Å². The first-order valence-corrected chi connectivity index (χ1v) is 15.9. The van der Waals surface area contributed by atoms with Crippen molar-refractivity contribution in [1.82, 2.24) is 39.0 Å². The van der Waals surface area contributed by atoms with E-state index < -0.39 is 76.8 Å². The zero-order valence-corrected chi connectivity index (χ0v) is 23.9. The van der Waals surface area contributed by atoms with Gasteiger partial charge in [0, 0.05) is 12.8 Å². The van der Waals surface area contributed by atoms with Crippen LogP contribution in [0.3, 0.4) is 0 Å². The second-order valence-electron chi connectivity index (χ2n) is 10.1. The predicted molar refractivity (Wildman–Crippen MR) is 143 cm³/mol. The SMILES string of the molecule is Nc1nc2c(ncn2[C@H]2C[C@H]3OP(=O)(O)OC[C@H]4O[C@@H](n5cnc6c(=O)[nH]c(N)nc65)CC4OP(=O)(O)OC[C@@H]3O2)c(=O)[nH]1. The maximum absolute atomic E-state index is 13.0. The molecule has 3 saturated heterocycles. The van der Waals surface area contributed by atoms with Crippen LogP contribution in [-0.4, -0.2) is 86.5 Å². The third kappa shape index (κ3) is 5.34. The number of hydrogen-bond donors (Lipinski definition) is 6. The molecule has 0 amide bonds. The van der Waals surface area contributed by atoms with Crippen molar-refractivity contribution >= 4 is 49.9 Å². The first-order valence-electron chi connectivity index (χ1n) is 12.9. The quantitative estimate of drug-likeness (QED) is 0.141. The highest BCUT2D eigenvalue weighted by Gasteiger charge is 2.47. The maximum Gasteiger partial charge on any atom is 0.472 e. The summed E-state index contributed by atoms with van der Waals surface area (Å²) >= 11 is 0. The topological polar surface area (TPSA) is 309 Å². The molecule has 4 aromatic rings. The number of nitrogens with two attached hydrogens (primary N) is 2. The molecule has 4 aromatic heterocycles. The average Bonchev–Trinajstić information content (AvgIpc) is 3.70. The largest absolute Gasteiger partial charge is 0.472 e. The maximum atomic E-state index is 13.0. The van der Waals surface area contributed by atoms with Crippen LogP contribution >= 0.6 is 15.6 Å². The van der Waals surface area contributed by atoms with Gasteiger partial charge in [0.1, 0.15) is 36.9 Å². The number of phosphoric acid groups is 2. The molecule has 0 aromatic carbocycles. The number of ether oxygens (including phenoxy) is 2. The third-order valence-corrected chi connectivity index (χ3v) is 9.25. The lowest BCUT2D eigenvalue weighted by molar-refractivity contribution is -0.0661. The van der Waals surface area contributed by atoms with Crippen LogP contribution in [0.1, 0.15) is 25.3 Å². The van der Waals surface area contributed by atoms with Crippen LogP contribution in [0.2, 0.25) is 0 Å². The molecule has 7 heterocycles. The van der Waals surface area contributed by atoms with Crippen LogP contribution in [0.4, 0.5) is 11.9 Å². The number of imidazole rings is 2. The number of nitrogens with zero attached hydrogens (tertiary/aromatic N) is 6. The molecule has 0 radical (unpaired) electrons. The van der Waals surface area contributed by atoms with E-state index in [-0.39, 0.29) is 47.1 Å². The van der Waals surface area contributed by atoms with E-state index >= 15 is 0 Å². The van der Waals surface area contributed by atoms with E-state index in [2.05, 4.69) is 29.9 Å². The van der Waals surface area contributed by atoms with Crippen LogP contribution in [0.15, 0.2) is 22.2 Å². The molecule has 44 heavy (non-hydrogen) atoms. The standard InChI is InChI=1S/C20H24N10O12P2/c21-19-25-15-13(17(31)27-19)23-5-29(15)11-1-7-9(39-11)3-37-44(35,36)42-8-2-12(40-10(8)4-38-43(33,34)41-7)30-6-24-14-16(30)26-20(22)28-18(14)32/h5-12H,1-4H2,(H,33,34)(H,35,36)(H3,21,25,27,31)(H3,22,26,28,32)/t7-,8?,9+,10-,11-,12-/m1/s1. The van der Waals surface area contributed by atoms with E-state index in [4.69, 9.17) is 39.0 Å². The number of nitrogen functional groups attached to an aromatic ring is 2. The summed E-state index contributed by atoms with van der Waals surface area (Å²) in [6.45, 7) is -1.23. The lowest BCUT2D eigenvalue weighted by atomic mass is 10.2. The summed E-state index contributed by atoms with van der Waals surface area (Å²) in [5.41, 5.74) is 10.2. The van der Waals surface area contributed by atoms with Crippen LogP contribution in [-0.2, 0) is 36.7 Å². The highest BCUT2D eigenvalue weighted by molar-refractivity contribution is 7.47. The van der Waals surface area contributed by atoms with Gasteiger partial charge in [0.25, 0.3) is 11.1 Å². The van der Waals surface area contributed by atoms with Crippen LogP contribution < -0.4 is 22.6 Å². The number of aromatic amines is 2. The lowest BCUT2D eigenvalue weighted by Gasteiger charge is -2.26. The number of rotatable bonds is 2. The molecule has 3 aliphatic heterocycles. The Morgan fingerprint density at radius 1 is 0.750 bits per heavy atom. The van der Waals surface area contributed by atoms with E-state index in [1.165, 1.54) is 21.8 Å². The first kappa shape index (κ1) is 29.2. The van der Waals surface area contributed by atoms with Gasteiger partial charge in [-0.05, 0) is 0 Å². The Kier molecular flexibility index (Phi) is 6.97. The Balaban J connectivity index is 1.13. The summed E-state index contributed by atoms with van der Waals surface area (Å²) in [6, 6.07) is 0. The van der Waals surface area contributed by atoms with E-state index in [9.17, 15) is 28.5 Å². The van der Waals surface area contributed by atoms with Crippen LogP contribution in [0, 0.1) is 0 Å². The Hall–Kier alpha value is -3.56. The number of nitrogens with one attached hydrogen (secondary N) is 2. The molecular weight excluding hydrogens is 634 g/mol. The summed E-state index contributed by atoms with van der Waals surface area (Å²) in [4.78, 5) is 66.4. The second-order valence-corrected chi connectivity index (χ2v) is 12.9. The minimum absolute atomic E-state index is 0.0325. The molecule has 8 N–H and O–H groups in total. The molecular formula is C20H24N10O12P2. The van der Waals surface area contributed by atoms with Gasteiger partial charge in [-0.3, -0.25) is 46.8 Å². The average molecular weight is 658 g/mol. The van der Waals surface area contributed by atoms with Gasteiger partial charge in [-0.1, -0.05) is 0 Å². The molecule has 0 saturated carbocycles. The minimum atomic E-state index is -4.80. The number of fused-ring (bicyclic) bond motifs is 4. The van der Waals surface area contributed by atoms with E-state index in [0.29, 0.717) is 0 Å². The van der Waals surface area contributed by atoms with Gasteiger partial charge in [-0.2, -0.15) is 9.97 Å². The fourth-order valence-corrected chi connectivity index (χ4v) is 7.23. The number of anilines is 2. The second kappa shape index (κ2) is 10.5. The molecule has 3 fully saturated rings. The van der Waals surface area contributed by atoms with E-state index in [1.807, 2.05) is 0 Å². The molecule has 24 heteroatoms. The minimum Gasteiger partial charge on any atom is -0.369 e. The zero-order chi connectivity index (χ0) is 31.0. The van der Waals surface area contributed by atoms with E-state index in [1.54, 1.807) is 0 Å². The van der Waals surface area contributed by atoms with Crippen molar-refractivity contribution in [2.75, 3.05) is 24.7 Å². The summed E-state index contributed by atoms with van der Waals surface area (Å²) in [6.07, 6.45) is -4.37. The highest BCUT2D eigenvalue weighted by atomic mass is 31.2. The molecule has 7 rings (SSSR count). The summed E-state index contributed by atoms with van der Waals surface area (Å²) in [5, 5.41) is 0. The van der Waals surface area contributed by atoms with Crippen molar-refractivity contribution in [2.24, 2.45) is 0 Å². The Morgan fingerprint density at radius 3 is 1.57 bits per heavy atom. The molecule has 0 aliphatic carbocycles. The Labute approximate surface area is 243 Å². The van der Waals surface area contributed by atoms with Gasteiger partial charge in [-0.25, -0.2) is 19.1 Å². The molecule has 0 bridgehead atoms. The normalized spacial score (nSPS) is 34.9. The summed E-state index contributed by atoms with van der Waals surface area (Å²) in [5.74, 6) is -0.351. The van der Waals surface area contributed by atoms with E-state index in [0.717, 1.165) is 0 Å². The van der Waals surface area contributed by atoms with Gasteiger partial charge < -0.3 is 30.7 Å². The van der Waals surface area contributed by atoms with Crippen molar-refractivity contribution in [3.8, 4) is 0 Å². The number of hydrogen-bond acceptors (Lipinski definition) is 16. The highest BCUT2D eigenvalue weighted by Crippen LogP contribution is 2.53.